The van der Waals surface area contributed by atoms with Gasteiger partial charge in [-0.2, -0.15) is 0 Å². The standard InChI is InChI=1S/C5H11FO.C4H10O.2C4H10.C3H7F.CH4/c1-4(2)7-5(3)6;1-4(2)5-3;2*1-4(2)3;1-3(2)4;/h4-5H,1-3H3;4H,1-3H3;2*4H,1-3H3;3H,1-2H3;1H4. The summed E-state index contributed by atoms with van der Waals surface area (Å²) in [5.74, 6) is 1.67. The van der Waals surface area contributed by atoms with E-state index in [0.717, 1.165) is 11.8 Å². The second kappa shape index (κ2) is 31.5. The average molecular weight is 375 g/mol. The maximum Gasteiger partial charge on any atom is 0.196 e. The summed E-state index contributed by atoms with van der Waals surface area (Å²) in [6.07, 6.45) is -1.41. The van der Waals surface area contributed by atoms with Gasteiger partial charge in [0.15, 0.2) is 6.36 Å². The van der Waals surface area contributed by atoms with Crippen molar-refractivity contribution in [3.63, 3.8) is 0 Å². The van der Waals surface area contributed by atoms with E-state index in [1.807, 2.05) is 13.8 Å². The Balaban J connectivity index is -0.0000000457. The predicted molar refractivity (Wildman–Crippen MR) is 113 cm³/mol. The van der Waals surface area contributed by atoms with Crippen LogP contribution in [0.15, 0.2) is 0 Å². The third-order valence-electron chi connectivity index (χ3n) is 0.931. The first-order valence-electron chi connectivity index (χ1n) is 9.06. The molecular weight excluding hydrogens is 322 g/mol. The maximum absolute atomic E-state index is 11.7. The van der Waals surface area contributed by atoms with Crippen molar-refractivity contribution in [2.45, 2.75) is 122 Å². The molecule has 25 heavy (non-hydrogen) atoms. The summed E-state index contributed by atoms with van der Waals surface area (Å²) in [4.78, 5) is 0. The Bertz CT molecular complexity index is 152. The fraction of sp³-hybridized carbons (Fsp3) is 1.00. The summed E-state index contributed by atoms with van der Waals surface area (Å²) >= 11 is 0. The lowest BCUT2D eigenvalue weighted by Gasteiger charge is -2.06. The molecule has 0 spiro atoms. The van der Waals surface area contributed by atoms with Crippen LogP contribution in [0, 0.1) is 11.8 Å². The largest absolute Gasteiger partial charge is 0.382 e. The smallest absolute Gasteiger partial charge is 0.196 e. The van der Waals surface area contributed by atoms with Crippen molar-refractivity contribution in [2.75, 3.05) is 7.11 Å². The van der Waals surface area contributed by atoms with Crippen molar-refractivity contribution in [1.82, 2.24) is 0 Å². The minimum absolute atomic E-state index is 0. The van der Waals surface area contributed by atoms with Crippen molar-refractivity contribution in [2.24, 2.45) is 11.8 Å². The highest BCUT2D eigenvalue weighted by Crippen LogP contribution is 1.95. The van der Waals surface area contributed by atoms with Gasteiger partial charge in [0.25, 0.3) is 0 Å². The Morgan fingerprint density at radius 1 is 0.560 bits per heavy atom. The highest BCUT2D eigenvalue weighted by molar-refractivity contribution is 4.34. The molecule has 0 amide bonds. The van der Waals surface area contributed by atoms with Crippen molar-refractivity contribution in [3.05, 3.63) is 0 Å². The van der Waals surface area contributed by atoms with Gasteiger partial charge in [0.2, 0.25) is 0 Å². The predicted octanol–water partition coefficient (Wildman–Crippen LogP) is 8.09. The molecule has 0 bridgehead atoms. The summed E-state index contributed by atoms with van der Waals surface area (Å²) in [5.41, 5.74) is 0. The second-order valence-electron chi connectivity index (χ2n) is 7.49. The highest BCUT2D eigenvalue weighted by Gasteiger charge is 1.97. The molecule has 0 aliphatic heterocycles. The molecule has 4 heteroatoms. The molecule has 0 aliphatic carbocycles. The molecule has 1 atom stereocenters. The number of hydrogen-bond acceptors (Lipinski definition) is 2. The maximum atomic E-state index is 11.7. The van der Waals surface area contributed by atoms with E-state index in [4.69, 9.17) is 4.74 Å². The lowest BCUT2D eigenvalue weighted by Crippen LogP contribution is -2.08. The zero-order chi connectivity index (χ0) is 20.9. The van der Waals surface area contributed by atoms with Crippen LogP contribution in [0.2, 0.25) is 0 Å². The fourth-order valence-electron chi connectivity index (χ4n) is 0.375. The van der Waals surface area contributed by atoms with Gasteiger partial charge in [-0.05, 0) is 60.3 Å². The minimum atomic E-state index is -1.13. The van der Waals surface area contributed by atoms with Crippen molar-refractivity contribution in [3.8, 4) is 0 Å². The number of rotatable bonds is 3. The van der Waals surface area contributed by atoms with Gasteiger partial charge in [0.05, 0.1) is 18.4 Å². The van der Waals surface area contributed by atoms with Gasteiger partial charge < -0.3 is 9.47 Å². The van der Waals surface area contributed by atoms with E-state index in [-0.39, 0.29) is 13.5 Å². The zero-order valence-electron chi connectivity index (χ0n) is 19.0. The summed E-state index contributed by atoms with van der Waals surface area (Å²) in [6, 6.07) is 0. The van der Waals surface area contributed by atoms with Crippen LogP contribution >= 0.6 is 0 Å². The molecule has 162 valence electrons. The molecule has 0 aromatic carbocycles. The summed E-state index contributed by atoms with van der Waals surface area (Å²) < 4.78 is 32.1. The fourth-order valence-corrected chi connectivity index (χ4v) is 0.375. The second-order valence-corrected chi connectivity index (χ2v) is 7.49. The van der Waals surface area contributed by atoms with E-state index in [2.05, 4.69) is 46.3 Å². The lowest BCUT2D eigenvalue weighted by molar-refractivity contribution is -0.0586. The summed E-state index contributed by atoms with van der Waals surface area (Å²) in [7, 11) is 1.70. The molecular formula is C21H52F2O2. The molecule has 0 aromatic heterocycles. The Hall–Kier alpha value is -0.220. The molecule has 0 rings (SSSR count). The Kier molecular flexibility index (Phi) is 50.1. The third-order valence-corrected chi connectivity index (χ3v) is 0.931. The first kappa shape index (κ1) is 39.7. The minimum Gasteiger partial charge on any atom is -0.382 e. The average Bonchev–Trinajstić information content (AvgIpc) is 2.24. The van der Waals surface area contributed by atoms with Gasteiger partial charge in [-0.25, -0.2) is 8.78 Å². The number of hydrogen-bond donors (Lipinski definition) is 0. The van der Waals surface area contributed by atoms with E-state index < -0.39 is 12.5 Å². The van der Waals surface area contributed by atoms with E-state index in [0.29, 0.717) is 6.10 Å². The third kappa shape index (κ3) is 338. The molecule has 0 fully saturated rings. The van der Waals surface area contributed by atoms with E-state index in [1.54, 1.807) is 21.0 Å². The molecule has 0 radical (unpaired) electrons. The summed E-state index contributed by atoms with van der Waals surface area (Å²) in [5, 5.41) is 0. The first-order chi connectivity index (χ1) is 10.6. The Morgan fingerprint density at radius 2 is 0.720 bits per heavy atom. The SMILES string of the molecule is C.CC(C)C.CC(C)C.CC(C)F.CC(C)OC(C)F.COC(C)C. The quantitative estimate of drug-likeness (QED) is 0.497. The monoisotopic (exact) mass is 374 g/mol. The number of methoxy groups -OCH3 is 1. The Labute approximate surface area is 160 Å². The molecule has 0 saturated carbocycles. The number of ether oxygens (including phenoxy) is 2. The van der Waals surface area contributed by atoms with Gasteiger partial charge in [0.1, 0.15) is 0 Å². The van der Waals surface area contributed by atoms with E-state index in [1.165, 1.54) is 20.8 Å². The van der Waals surface area contributed by atoms with Crippen molar-refractivity contribution in [1.29, 1.82) is 0 Å². The Morgan fingerprint density at radius 3 is 0.720 bits per heavy atom. The van der Waals surface area contributed by atoms with E-state index >= 15 is 0 Å². The van der Waals surface area contributed by atoms with Gasteiger partial charge in [-0.3, -0.25) is 0 Å². The lowest BCUT2D eigenvalue weighted by atomic mass is 10.3. The van der Waals surface area contributed by atoms with Gasteiger partial charge >= 0.3 is 0 Å². The number of halogens is 2. The van der Waals surface area contributed by atoms with E-state index in [9.17, 15) is 8.78 Å². The van der Waals surface area contributed by atoms with Crippen LogP contribution in [-0.2, 0) is 9.47 Å². The molecule has 0 heterocycles. The molecule has 0 saturated heterocycles. The van der Waals surface area contributed by atoms with Gasteiger partial charge in [-0.1, -0.05) is 49.0 Å². The molecule has 2 nitrogen and oxygen atoms in total. The molecule has 0 aliphatic rings. The first-order valence-corrected chi connectivity index (χ1v) is 9.06. The van der Waals surface area contributed by atoms with Crippen molar-refractivity contribution >= 4 is 0 Å². The topological polar surface area (TPSA) is 18.5 Å². The van der Waals surface area contributed by atoms with Crippen molar-refractivity contribution < 1.29 is 18.3 Å². The highest BCUT2D eigenvalue weighted by atomic mass is 19.1. The molecule has 0 aromatic rings. The zero-order valence-corrected chi connectivity index (χ0v) is 19.0. The van der Waals surface area contributed by atoms with Crippen LogP contribution in [0.5, 0.6) is 0 Å². The normalized spacial score (nSPS) is 10.4. The summed E-state index contributed by atoms with van der Waals surface area (Å²) in [6.45, 7) is 25.0. The van der Waals surface area contributed by atoms with Gasteiger partial charge in [-0.15, -0.1) is 0 Å². The van der Waals surface area contributed by atoms with Crippen LogP contribution in [0.1, 0.15) is 97.4 Å². The van der Waals surface area contributed by atoms with Crippen LogP contribution in [0.4, 0.5) is 8.78 Å². The molecule has 0 N–H and O–H groups in total. The van der Waals surface area contributed by atoms with Crippen LogP contribution in [-0.4, -0.2) is 31.8 Å². The van der Waals surface area contributed by atoms with Crippen LogP contribution in [0.25, 0.3) is 0 Å². The molecule has 1 unspecified atom stereocenters. The number of alkyl halides is 2. The van der Waals surface area contributed by atoms with Crippen LogP contribution in [0.3, 0.4) is 0 Å². The van der Waals surface area contributed by atoms with Gasteiger partial charge in [0, 0.05) is 7.11 Å². The van der Waals surface area contributed by atoms with Crippen LogP contribution < -0.4 is 0 Å².